The Labute approximate surface area is 186 Å². The van der Waals surface area contributed by atoms with E-state index in [2.05, 4.69) is 20.6 Å². The van der Waals surface area contributed by atoms with Gasteiger partial charge in [0.25, 0.3) is 0 Å². The molecule has 3 rings (SSSR count). The quantitative estimate of drug-likeness (QED) is 0.220. The molecule has 0 saturated heterocycles. The van der Waals surface area contributed by atoms with Gasteiger partial charge in [-0.15, -0.1) is 24.0 Å². The summed E-state index contributed by atoms with van der Waals surface area (Å²) in [6.07, 6.45) is 2.65. The van der Waals surface area contributed by atoms with Crippen LogP contribution >= 0.6 is 24.0 Å². The van der Waals surface area contributed by atoms with E-state index in [1.807, 2.05) is 19.2 Å². The first-order chi connectivity index (χ1) is 13.6. The Balaban J connectivity index is 0.00000300. The van der Waals surface area contributed by atoms with E-state index < -0.39 is 0 Å². The summed E-state index contributed by atoms with van der Waals surface area (Å²) in [5, 5.41) is 17.3. The summed E-state index contributed by atoms with van der Waals surface area (Å²) >= 11 is 0. The number of halogens is 2. The van der Waals surface area contributed by atoms with E-state index in [0.29, 0.717) is 24.8 Å². The van der Waals surface area contributed by atoms with Crippen LogP contribution in [0.25, 0.3) is 10.9 Å². The van der Waals surface area contributed by atoms with Crippen LogP contribution in [0.1, 0.15) is 18.1 Å². The van der Waals surface area contributed by atoms with Crippen molar-refractivity contribution in [1.82, 2.24) is 15.6 Å². The number of methoxy groups -OCH3 is 1. The van der Waals surface area contributed by atoms with Crippen LogP contribution in [-0.2, 0) is 13.0 Å². The molecule has 1 heterocycles. The van der Waals surface area contributed by atoms with Crippen LogP contribution in [0.4, 0.5) is 4.39 Å². The normalized spacial score (nSPS) is 11.2. The molecule has 29 heavy (non-hydrogen) atoms. The Kier molecular flexibility index (Phi) is 8.56. The molecule has 1 aromatic heterocycles. The van der Waals surface area contributed by atoms with Crippen molar-refractivity contribution in [3.05, 3.63) is 59.5 Å². The first kappa shape index (κ1) is 22.8. The number of hydrogen-bond donors (Lipinski definition) is 4. The molecule has 0 atom stereocenters. The van der Waals surface area contributed by atoms with Crippen LogP contribution in [0.5, 0.6) is 11.5 Å². The summed E-state index contributed by atoms with van der Waals surface area (Å²) in [5.74, 6) is 0.982. The number of aromatic amines is 1. The lowest BCUT2D eigenvalue weighted by Crippen LogP contribution is -2.38. The van der Waals surface area contributed by atoms with Crippen LogP contribution in [0.15, 0.2) is 47.6 Å². The predicted octanol–water partition coefficient (Wildman–Crippen LogP) is 3.94. The number of fused-ring (bicyclic) bond motifs is 1. The molecule has 6 nitrogen and oxygen atoms in total. The number of aliphatic imine (C=N–C) groups is 1. The minimum atomic E-state index is -0.237. The molecule has 0 amide bonds. The number of guanidine groups is 1. The summed E-state index contributed by atoms with van der Waals surface area (Å²) in [6.45, 7) is 3.81. The average molecular weight is 512 g/mol. The van der Waals surface area contributed by atoms with Crippen LogP contribution in [0.3, 0.4) is 0 Å². The SMILES string of the molecule is CCNC(=NCc1ccc(OC)c(O)c1)NCCc1c[nH]c2ccc(F)cc12.I. The van der Waals surface area contributed by atoms with Crippen molar-refractivity contribution < 1.29 is 14.2 Å². The van der Waals surface area contributed by atoms with Gasteiger partial charge in [0.15, 0.2) is 17.5 Å². The molecule has 0 bridgehead atoms. The highest BCUT2D eigenvalue weighted by Crippen LogP contribution is 2.26. The number of aromatic nitrogens is 1. The second-order valence-corrected chi connectivity index (χ2v) is 6.38. The lowest BCUT2D eigenvalue weighted by molar-refractivity contribution is 0.373. The van der Waals surface area contributed by atoms with Gasteiger partial charge in [0.1, 0.15) is 5.82 Å². The number of phenolic OH excluding ortho intramolecular Hbond substituents is 1. The molecule has 0 aliphatic carbocycles. The van der Waals surface area contributed by atoms with Gasteiger partial charge in [0, 0.05) is 30.2 Å². The summed E-state index contributed by atoms with van der Waals surface area (Å²) in [5.41, 5.74) is 2.86. The van der Waals surface area contributed by atoms with Gasteiger partial charge in [0.05, 0.1) is 13.7 Å². The number of phenols is 1. The monoisotopic (exact) mass is 512 g/mol. The molecule has 8 heteroatoms. The molecule has 0 aliphatic rings. The van der Waals surface area contributed by atoms with Gasteiger partial charge < -0.3 is 25.5 Å². The minimum absolute atomic E-state index is 0. The highest BCUT2D eigenvalue weighted by Gasteiger charge is 2.06. The predicted molar refractivity (Wildman–Crippen MR) is 125 cm³/mol. The second kappa shape index (κ2) is 10.9. The van der Waals surface area contributed by atoms with E-state index in [1.165, 1.54) is 13.2 Å². The van der Waals surface area contributed by atoms with Crippen molar-refractivity contribution in [2.45, 2.75) is 19.9 Å². The van der Waals surface area contributed by atoms with Crippen molar-refractivity contribution in [1.29, 1.82) is 0 Å². The van der Waals surface area contributed by atoms with E-state index in [4.69, 9.17) is 4.74 Å². The fourth-order valence-electron chi connectivity index (χ4n) is 3.02. The van der Waals surface area contributed by atoms with Gasteiger partial charge in [0.2, 0.25) is 0 Å². The highest BCUT2D eigenvalue weighted by atomic mass is 127. The number of benzene rings is 2. The summed E-state index contributed by atoms with van der Waals surface area (Å²) in [6, 6.07) is 9.98. The van der Waals surface area contributed by atoms with Gasteiger partial charge in [-0.2, -0.15) is 0 Å². The second-order valence-electron chi connectivity index (χ2n) is 6.38. The number of nitrogens with one attached hydrogen (secondary N) is 3. The molecule has 0 spiro atoms. The van der Waals surface area contributed by atoms with Gasteiger partial charge in [-0.25, -0.2) is 9.38 Å². The van der Waals surface area contributed by atoms with Crippen LogP contribution in [0.2, 0.25) is 0 Å². The number of hydrogen-bond acceptors (Lipinski definition) is 3. The van der Waals surface area contributed by atoms with Crippen molar-refractivity contribution >= 4 is 40.8 Å². The fraction of sp³-hybridized carbons (Fsp3) is 0.286. The van der Waals surface area contributed by atoms with Crippen LogP contribution in [-0.4, -0.2) is 36.2 Å². The topological polar surface area (TPSA) is 81.7 Å². The molecule has 0 fully saturated rings. The third-order valence-corrected chi connectivity index (χ3v) is 4.42. The average Bonchev–Trinajstić information content (AvgIpc) is 3.08. The smallest absolute Gasteiger partial charge is 0.191 e. The number of nitrogens with zero attached hydrogens (tertiary/aromatic N) is 1. The zero-order valence-electron chi connectivity index (χ0n) is 16.5. The number of ether oxygens (including phenoxy) is 1. The van der Waals surface area contributed by atoms with E-state index in [0.717, 1.165) is 35.0 Å². The number of rotatable bonds is 7. The molecule has 0 aliphatic heterocycles. The van der Waals surface area contributed by atoms with Crippen LogP contribution < -0.4 is 15.4 Å². The molecule has 0 radical (unpaired) electrons. The summed E-state index contributed by atoms with van der Waals surface area (Å²) in [4.78, 5) is 7.72. The Bertz CT molecular complexity index is 974. The van der Waals surface area contributed by atoms with Gasteiger partial charge >= 0.3 is 0 Å². The van der Waals surface area contributed by atoms with Crippen molar-refractivity contribution in [3.8, 4) is 11.5 Å². The van der Waals surface area contributed by atoms with E-state index in [9.17, 15) is 9.50 Å². The first-order valence-electron chi connectivity index (χ1n) is 9.24. The lowest BCUT2D eigenvalue weighted by atomic mass is 10.1. The van der Waals surface area contributed by atoms with E-state index >= 15 is 0 Å². The van der Waals surface area contributed by atoms with Crippen molar-refractivity contribution in [3.63, 3.8) is 0 Å². The molecule has 2 aromatic carbocycles. The molecular formula is C21H26FIN4O2. The third-order valence-electron chi connectivity index (χ3n) is 4.42. The standard InChI is InChI=1S/C21H25FN4O2.HI/c1-3-23-21(26-12-14-4-7-20(28-2)19(27)10-14)24-9-8-15-13-25-18-6-5-16(22)11-17(15)18;/h4-7,10-11,13,25,27H,3,8-9,12H2,1-2H3,(H2,23,24,26);1H. The zero-order valence-corrected chi connectivity index (χ0v) is 18.8. The maximum atomic E-state index is 13.5. The first-order valence-corrected chi connectivity index (χ1v) is 9.24. The molecule has 156 valence electrons. The molecular weight excluding hydrogens is 486 g/mol. The third kappa shape index (κ3) is 5.99. The lowest BCUT2D eigenvalue weighted by Gasteiger charge is -2.11. The maximum absolute atomic E-state index is 13.5. The van der Waals surface area contributed by atoms with Gasteiger partial charge in [-0.05, 0) is 54.8 Å². The largest absolute Gasteiger partial charge is 0.504 e. The number of aromatic hydroxyl groups is 1. The molecule has 0 saturated carbocycles. The Hall–Kier alpha value is -2.49. The van der Waals surface area contributed by atoms with Gasteiger partial charge in [-0.3, -0.25) is 0 Å². The summed E-state index contributed by atoms with van der Waals surface area (Å²) in [7, 11) is 1.52. The van der Waals surface area contributed by atoms with Crippen LogP contribution in [0, 0.1) is 5.82 Å². The van der Waals surface area contributed by atoms with E-state index in [-0.39, 0.29) is 35.5 Å². The highest BCUT2D eigenvalue weighted by molar-refractivity contribution is 14.0. The summed E-state index contributed by atoms with van der Waals surface area (Å²) < 4.78 is 18.6. The van der Waals surface area contributed by atoms with Crippen molar-refractivity contribution in [2.75, 3.05) is 20.2 Å². The zero-order chi connectivity index (χ0) is 19.9. The molecule has 4 N–H and O–H groups in total. The Morgan fingerprint density at radius 2 is 2.03 bits per heavy atom. The number of H-pyrrole nitrogens is 1. The van der Waals surface area contributed by atoms with Gasteiger partial charge in [-0.1, -0.05) is 6.07 Å². The van der Waals surface area contributed by atoms with E-state index in [1.54, 1.807) is 24.3 Å². The maximum Gasteiger partial charge on any atom is 0.191 e. The Morgan fingerprint density at radius 1 is 1.21 bits per heavy atom. The van der Waals surface area contributed by atoms with Crippen molar-refractivity contribution in [2.24, 2.45) is 4.99 Å². The fourth-order valence-corrected chi connectivity index (χ4v) is 3.02. The minimum Gasteiger partial charge on any atom is -0.504 e. The molecule has 3 aromatic rings. The molecule has 0 unspecified atom stereocenters. The Morgan fingerprint density at radius 3 is 2.76 bits per heavy atom.